The van der Waals surface area contributed by atoms with Gasteiger partial charge >= 0.3 is 0 Å². The zero-order valence-electron chi connectivity index (χ0n) is 14.8. The molecule has 0 aliphatic carbocycles. The Labute approximate surface area is 142 Å². The summed E-state index contributed by atoms with van der Waals surface area (Å²) in [5, 5.41) is 4.11. The van der Waals surface area contributed by atoms with Crippen LogP contribution >= 0.6 is 0 Å². The van der Waals surface area contributed by atoms with Crippen LogP contribution in [0, 0.1) is 6.92 Å². The van der Waals surface area contributed by atoms with Crippen LogP contribution < -0.4 is 4.74 Å². The van der Waals surface area contributed by atoms with Gasteiger partial charge in [0, 0.05) is 18.7 Å². The molecule has 0 bridgehead atoms. The van der Waals surface area contributed by atoms with Gasteiger partial charge < -0.3 is 14.0 Å². The molecule has 6 heteroatoms. The largest absolute Gasteiger partial charge is 0.496 e. The average Bonchev–Trinajstić information content (AvgIpc) is 3.04. The molecular weight excluding hydrogens is 306 g/mol. The topological polar surface area (TPSA) is 60.6 Å². The van der Waals surface area contributed by atoms with Crippen molar-refractivity contribution in [2.75, 3.05) is 26.8 Å². The van der Waals surface area contributed by atoms with Gasteiger partial charge in [-0.25, -0.2) is 0 Å². The van der Waals surface area contributed by atoms with Crippen molar-refractivity contribution in [3.63, 3.8) is 0 Å². The Morgan fingerprint density at radius 3 is 2.96 bits per heavy atom. The number of aromatic nitrogens is 2. The van der Waals surface area contributed by atoms with Gasteiger partial charge in [0.2, 0.25) is 11.7 Å². The Balaban J connectivity index is 1.72. The number of benzene rings is 1. The normalized spacial score (nSPS) is 21.8. The smallest absolute Gasteiger partial charge is 0.241 e. The predicted molar refractivity (Wildman–Crippen MR) is 90.9 cm³/mol. The zero-order valence-corrected chi connectivity index (χ0v) is 14.8. The van der Waals surface area contributed by atoms with E-state index < -0.39 is 0 Å². The average molecular weight is 331 g/mol. The molecule has 1 aromatic heterocycles. The van der Waals surface area contributed by atoms with Crippen molar-refractivity contribution >= 4 is 0 Å². The van der Waals surface area contributed by atoms with E-state index in [1.165, 1.54) is 0 Å². The summed E-state index contributed by atoms with van der Waals surface area (Å²) in [5.41, 5.74) is 1.88. The number of hydrogen-bond acceptors (Lipinski definition) is 6. The van der Waals surface area contributed by atoms with Crippen molar-refractivity contribution in [1.82, 2.24) is 15.0 Å². The maximum Gasteiger partial charge on any atom is 0.241 e. The second kappa shape index (κ2) is 6.91. The van der Waals surface area contributed by atoms with E-state index >= 15 is 0 Å². The highest BCUT2D eigenvalue weighted by Crippen LogP contribution is 2.26. The van der Waals surface area contributed by atoms with Crippen LogP contribution in [0.15, 0.2) is 22.7 Å². The minimum Gasteiger partial charge on any atom is -0.496 e. The van der Waals surface area contributed by atoms with Gasteiger partial charge in [0.1, 0.15) is 5.75 Å². The number of ether oxygens (including phenoxy) is 2. The third-order valence-electron chi connectivity index (χ3n) is 4.66. The Morgan fingerprint density at radius 2 is 2.21 bits per heavy atom. The van der Waals surface area contributed by atoms with Gasteiger partial charge in [-0.2, -0.15) is 4.98 Å². The molecule has 1 fully saturated rings. The van der Waals surface area contributed by atoms with Crippen LogP contribution in [0.5, 0.6) is 5.75 Å². The third-order valence-corrected chi connectivity index (χ3v) is 4.66. The lowest BCUT2D eigenvalue weighted by atomic mass is 10.0. The number of rotatable bonds is 5. The standard InChI is InChI=1S/C18H25N3O3/c1-5-18(3)12-21(8-9-23-18)11-16-19-17(20-24-16)14-7-6-13(2)15(10-14)22-4/h6-7,10H,5,8-9,11-12H2,1-4H3. The lowest BCUT2D eigenvalue weighted by Crippen LogP contribution is -2.49. The fourth-order valence-corrected chi connectivity index (χ4v) is 2.95. The lowest BCUT2D eigenvalue weighted by molar-refractivity contribution is -0.103. The monoisotopic (exact) mass is 331 g/mol. The van der Waals surface area contributed by atoms with Gasteiger partial charge in [0.15, 0.2) is 0 Å². The number of nitrogens with zero attached hydrogens (tertiary/aromatic N) is 3. The lowest BCUT2D eigenvalue weighted by Gasteiger charge is -2.39. The fourth-order valence-electron chi connectivity index (χ4n) is 2.95. The molecule has 1 atom stereocenters. The van der Waals surface area contributed by atoms with E-state index in [-0.39, 0.29) is 5.60 Å². The molecule has 0 amide bonds. The van der Waals surface area contributed by atoms with Crippen molar-refractivity contribution < 1.29 is 14.0 Å². The summed E-state index contributed by atoms with van der Waals surface area (Å²) in [7, 11) is 1.66. The number of hydrogen-bond donors (Lipinski definition) is 0. The highest BCUT2D eigenvalue weighted by Gasteiger charge is 2.31. The molecule has 24 heavy (non-hydrogen) atoms. The summed E-state index contributed by atoms with van der Waals surface area (Å²) in [6.07, 6.45) is 0.988. The molecule has 1 aliphatic heterocycles. The van der Waals surface area contributed by atoms with Crippen molar-refractivity contribution in [2.24, 2.45) is 0 Å². The van der Waals surface area contributed by atoms with Crippen LogP contribution in [0.4, 0.5) is 0 Å². The Bertz CT molecular complexity index is 701. The molecule has 1 aromatic carbocycles. The summed E-state index contributed by atoms with van der Waals surface area (Å²) in [5.74, 6) is 2.05. The van der Waals surface area contributed by atoms with Crippen LogP contribution in [-0.2, 0) is 11.3 Å². The molecule has 2 aromatic rings. The zero-order chi connectivity index (χ0) is 17.2. The first kappa shape index (κ1) is 16.9. The summed E-state index contributed by atoms with van der Waals surface area (Å²) in [6.45, 7) is 9.45. The second-order valence-electron chi connectivity index (χ2n) is 6.56. The van der Waals surface area contributed by atoms with E-state index in [1.54, 1.807) is 7.11 Å². The summed E-state index contributed by atoms with van der Waals surface area (Å²) in [4.78, 5) is 6.84. The number of aryl methyl sites for hydroxylation is 1. The highest BCUT2D eigenvalue weighted by molar-refractivity contribution is 5.58. The molecule has 130 valence electrons. The number of methoxy groups -OCH3 is 1. The van der Waals surface area contributed by atoms with Gasteiger partial charge in [-0.15, -0.1) is 0 Å². The van der Waals surface area contributed by atoms with Crippen LogP contribution in [0.1, 0.15) is 31.7 Å². The Morgan fingerprint density at radius 1 is 1.38 bits per heavy atom. The molecule has 1 saturated heterocycles. The quantitative estimate of drug-likeness (QED) is 0.839. The molecule has 3 rings (SSSR count). The van der Waals surface area contributed by atoms with Gasteiger partial charge in [-0.1, -0.05) is 24.2 Å². The van der Waals surface area contributed by atoms with E-state index in [2.05, 4.69) is 28.9 Å². The van der Waals surface area contributed by atoms with E-state index in [9.17, 15) is 0 Å². The van der Waals surface area contributed by atoms with Gasteiger partial charge in [0.25, 0.3) is 0 Å². The van der Waals surface area contributed by atoms with Crippen molar-refractivity contribution in [3.8, 4) is 17.1 Å². The second-order valence-corrected chi connectivity index (χ2v) is 6.56. The van der Waals surface area contributed by atoms with Crippen LogP contribution in [0.25, 0.3) is 11.4 Å². The fraction of sp³-hybridized carbons (Fsp3) is 0.556. The van der Waals surface area contributed by atoms with Crippen LogP contribution in [0.2, 0.25) is 0 Å². The molecule has 0 spiro atoms. The Hall–Kier alpha value is -1.92. The maximum absolute atomic E-state index is 5.87. The van der Waals surface area contributed by atoms with Gasteiger partial charge in [0.05, 0.1) is 25.9 Å². The van der Waals surface area contributed by atoms with Gasteiger partial charge in [-0.3, -0.25) is 4.90 Å². The molecule has 0 N–H and O–H groups in total. The summed E-state index contributed by atoms with van der Waals surface area (Å²) in [6, 6.07) is 5.92. The number of morpholine rings is 1. The molecule has 1 aliphatic rings. The first-order valence-corrected chi connectivity index (χ1v) is 8.37. The van der Waals surface area contributed by atoms with Crippen molar-refractivity contribution in [1.29, 1.82) is 0 Å². The van der Waals surface area contributed by atoms with Crippen LogP contribution in [-0.4, -0.2) is 47.4 Å². The first-order chi connectivity index (χ1) is 11.5. The maximum atomic E-state index is 5.87. The minimum atomic E-state index is -0.0918. The van der Waals surface area contributed by atoms with E-state index in [1.807, 2.05) is 25.1 Å². The minimum absolute atomic E-state index is 0.0918. The Kier molecular flexibility index (Phi) is 4.87. The molecule has 1 unspecified atom stereocenters. The summed E-state index contributed by atoms with van der Waals surface area (Å²) < 4.78 is 16.7. The van der Waals surface area contributed by atoms with E-state index in [0.29, 0.717) is 18.3 Å². The molecule has 0 saturated carbocycles. The van der Waals surface area contributed by atoms with Crippen molar-refractivity contribution in [2.45, 2.75) is 39.3 Å². The molecule has 2 heterocycles. The van der Waals surface area contributed by atoms with E-state index in [0.717, 1.165) is 43.0 Å². The summed E-state index contributed by atoms with van der Waals surface area (Å²) >= 11 is 0. The van der Waals surface area contributed by atoms with Crippen LogP contribution in [0.3, 0.4) is 0 Å². The van der Waals surface area contributed by atoms with Crippen molar-refractivity contribution in [3.05, 3.63) is 29.7 Å². The molecule has 6 nitrogen and oxygen atoms in total. The van der Waals surface area contributed by atoms with E-state index in [4.69, 9.17) is 14.0 Å². The molecule has 0 radical (unpaired) electrons. The SMILES string of the molecule is CCC1(C)CN(Cc2nc(-c3ccc(C)c(OC)c3)no2)CCO1. The third kappa shape index (κ3) is 3.60. The molecular formula is C18H25N3O3. The predicted octanol–water partition coefficient (Wildman–Crippen LogP) is 3.05. The first-order valence-electron chi connectivity index (χ1n) is 8.37. The highest BCUT2D eigenvalue weighted by atomic mass is 16.5. The van der Waals surface area contributed by atoms with Gasteiger partial charge in [-0.05, 0) is 31.9 Å².